The fraction of sp³-hybridized carbons (Fsp3) is 0.810. The monoisotopic (exact) mass is 503 g/mol. The maximum Gasteiger partial charge on any atom is 0.421 e. The van der Waals surface area contributed by atoms with Gasteiger partial charge in [-0.1, -0.05) is 0 Å². The summed E-state index contributed by atoms with van der Waals surface area (Å²) in [4.78, 5) is 14.8. The fourth-order valence-corrected chi connectivity index (χ4v) is 6.95. The van der Waals surface area contributed by atoms with Gasteiger partial charge in [-0.15, -0.1) is 0 Å². The van der Waals surface area contributed by atoms with E-state index in [0.29, 0.717) is 12.8 Å². The van der Waals surface area contributed by atoms with E-state index in [0.717, 1.165) is 57.9 Å². The molecule has 3 heterocycles. The number of piperidine rings is 1. The Bertz CT molecular complexity index is 1020. The number of sulfonamides is 1. The number of hydrogen-bond acceptors (Lipinski definition) is 8. The van der Waals surface area contributed by atoms with E-state index in [1.165, 1.54) is 0 Å². The van der Waals surface area contributed by atoms with E-state index in [9.17, 15) is 21.6 Å². The standard InChI is InChI=1S/C21H32F3N7O2S/c1-29-7-9-31(10-8-29)20-12-19(13-20,14-20)27-18-25-11-16(21(22,23)24)17(26-18)30-5-3-15(4-6-30)28-34(2,32)33/h11,15,28H,3-10,12-14H2,1-2H3,(H,25,26,27). The van der Waals surface area contributed by atoms with Crippen LogP contribution in [0.3, 0.4) is 0 Å². The van der Waals surface area contributed by atoms with Gasteiger partial charge in [-0.2, -0.15) is 18.2 Å². The van der Waals surface area contributed by atoms with Crippen LogP contribution in [0.1, 0.15) is 37.7 Å². The van der Waals surface area contributed by atoms with Gasteiger partial charge in [-0.25, -0.2) is 18.1 Å². The number of alkyl halides is 3. The lowest BCUT2D eigenvalue weighted by Crippen LogP contribution is -2.82. The van der Waals surface area contributed by atoms with E-state index >= 15 is 0 Å². The number of halogens is 3. The summed E-state index contributed by atoms with van der Waals surface area (Å²) in [5.41, 5.74) is -0.774. The molecule has 0 amide bonds. The molecule has 9 nitrogen and oxygen atoms in total. The molecular formula is C21H32F3N7O2S. The van der Waals surface area contributed by atoms with Crippen molar-refractivity contribution in [1.29, 1.82) is 0 Å². The van der Waals surface area contributed by atoms with Crippen LogP contribution in [0.4, 0.5) is 24.9 Å². The lowest BCUT2D eigenvalue weighted by molar-refractivity contribution is -0.160. The molecule has 5 aliphatic rings. The second-order valence-electron chi connectivity index (χ2n) is 10.5. The van der Waals surface area contributed by atoms with Crippen molar-refractivity contribution in [3.63, 3.8) is 0 Å². The third-order valence-corrected chi connectivity index (χ3v) is 8.56. The summed E-state index contributed by atoms with van der Waals surface area (Å²) in [7, 11) is -1.23. The van der Waals surface area contributed by atoms with Crippen molar-refractivity contribution in [3.8, 4) is 0 Å². The first kappa shape index (κ1) is 24.0. The van der Waals surface area contributed by atoms with Crippen molar-refractivity contribution >= 4 is 21.8 Å². The van der Waals surface area contributed by atoms with E-state index in [1.54, 1.807) is 4.90 Å². The molecule has 3 aliphatic carbocycles. The fourth-order valence-electron chi connectivity index (χ4n) is 6.11. The van der Waals surface area contributed by atoms with Crippen molar-refractivity contribution in [1.82, 2.24) is 24.5 Å². The Labute approximate surface area is 198 Å². The Balaban J connectivity index is 1.26. The highest BCUT2D eigenvalue weighted by Gasteiger charge is 2.70. The van der Waals surface area contributed by atoms with Crippen LogP contribution in [-0.4, -0.2) is 97.9 Å². The van der Waals surface area contributed by atoms with Crippen molar-refractivity contribution in [2.24, 2.45) is 0 Å². The van der Waals surface area contributed by atoms with Crippen molar-refractivity contribution in [2.45, 2.75) is 55.4 Å². The van der Waals surface area contributed by atoms with Gasteiger partial charge in [-0.3, -0.25) is 4.90 Å². The zero-order valence-electron chi connectivity index (χ0n) is 19.5. The maximum atomic E-state index is 13.7. The molecule has 1 aromatic rings. The summed E-state index contributed by atoms with van der Waals surface area (Å²) in [6.45, 7) is 4.79. The number of likely N-dealkylation sites (N-methyl/N-ethyl adjacent to an activating group) is 1. The van der Waals surface area contributed by atoms with Crippen LogP contribution < -0.4 is 14.9 Å². The van der Waals surface area contributed by atoms with E-state index in [2.05, 4.69) is 36.9 Å². The van der Waals surface area contributed by atoms with Crippen LogP contribution in [0.15, 0.2) is 6.20 Å². The lowest BCUT2D eigenvalue weighted by atomic mass is 9.43. The quantitative estimate of drug-likeness (QED) is 0.601. The Kier molecular flexibility index (Phi) is 5.77. The average molecular weight is 504 g/mol. The van der Waals surface area contributed by atoms with Crippen LogP contribution in [-0.2, 0) is 16.2 Å². The zero-order valence-corrected chi connectivity index (χ0v) is 20.3. The SMILES string of the molecule is CN1CCN(C23CC(Nc4ncc(C(F)(F)F)c(N5CCC(NS(C)(=O)=O)CC5)n4)(C2)C3)CC1. The van der Waals surface area contributed by atoms with Crippen molar-refractivity contribution in [2.75, 3.05) is 62.8 Å². The predicted octanol–water partition coefficient (Wildman–Crippen LogP) is 1.35. The number of aromatic nitrogens is 2. The largest absolute Gasteiger partial charge is 0.421 e. The Hall–Kier alpha value is -1.70. The number of piperazine rings is 1. The molecule has 0 spiro atoms. The minimum Gasteiger partial charge on any atom is -0.356 e. The predicted molar refractivity (Wildman–Crippen MR) is 122 cm³/mol. The minimum absolute atomic E-state index is 0.132. The van der Waals surface area contributed by atoms with Gasteiger partial charge in [0, 0.05) is 62.6 Å². The van der Waals surface area contributed by atoms with E-state index < -0.39 is 21.8 Å². The maximum absolute atomic E-state index is 13.7. The minimum atomic E-state index is -4.57. The number of nitrogens with zero attached hydrogens (tertiary/aromatic N) is 5. The van der Waals surface area contributed by atoms with Gasteiger partial charge in [0.25, 0.3) is 0 Å². The first-order chi connectivity index (χ1) is 15.9. The van der Waals surface area contributed by atoms with Crippen LogP contribution in [0.25, 0.3) is 0 Å². The van der Waals surface area contributed by atoms with Gasteiger partial charge in [-0.05, 0) is 39.2 Å². The summed E-state index contributed by atoms with van der Waals surface area (Å²) in [6.07, 6.45) is 1.10. The van der Waals surface area contributed by atoms with Crippen molar-refractivity contribution < 1.29 is 21.6 Å². The van der Waals surface area contributed by atoms with E-state index in [4.69, 9.17) is 0 Å². The second-order valence-corrected chi connectivity index (χ2v) is 12.3. The van der Waals surface area contributed by atoms with Gasteiger partial charge in [0.2, 0.25) is 16.0 Å². The molecular weight excluding hydrogens is 471 g/mol. The van der Waals surface area contributed by atoms with Gasteiger partial charge < -0.3 is 15.1 Å². The molecule has 34 heavy (non-hydrogen) atoms. The smallest absolute Gasteiger partial charge is 0.356 e. The molecule has 2 aliphatic heterocycles. The van der Waals surface area contributed by atoms with Gasteiger partial charge >= 0.3 is 6.18 Å². The molecule has 0 aromatic carbocycles. The highest BCUT2D eigenvalue weighted by atomic mass is 32.2. The summed E-state index contributed by atoms with van der Waals surface area (Å²) in [5, 5.41) is 3.35. The highest BCUT2D eigenvalue weighted by Crippen LogP contribution is 2.64. The third-order valence-electron chi connectivity index (χ3n) is 7.80. The van der Waals surface area contributed by atoms with Gasteiger partial charge in [0.05, 0.1) is 6.26 Å². The molecule has 2 N–H and O–H groups in total. The normalized spacial score (nSPS) is 31.1. The first-order valence-corrected chi connectivity index (χ1v) is 13.6. The molecule has 2 saturated heterocycles. The molecule has 0 radical (unpaired) electrons. The number of anilines is 2. The summed E-state index contributed by atoms with van der Waals surface area (Å²) in [6, 6.07) is -0.286. The zero-order chi connectivity index (χ0) is 24.4. The molecule has 0 atom stereocenters. The summed E-state index contributed by atoms with van der Waals surface area (Å²) < 4.78 is 66.6. The van der Waals surface area contributed by atoms with E-state index in [1.807, 2.05) is 0 Å². The molecule has 0 unspecified atom stereocenters. The van der Waals surface area contributed by atoms with Gasteiger partial charge in [0.15, 0.2) is 0 Å². The van der Waals surface area contributed by atoms with Crippen LogP contribution in [0.2, 0.25) is 0 Å². The van der Waals surface area contributed by atoms with Crippen molar-refractivity contribution in [3.05, 3.63) is 11.8 Å². The lowest BCUT2D eigenvalue weighted by Gasteiger charge is -2.74. The molecule has 190 valence electrons. The number of nitrogens with one attached hydrogen (secondary N) is 2. The van der Waals surface area contributed by atoms with Gasteiger partial charge in [0.1, 0.15) is 11.4 Å². The molecule has 2 bridgehead atoms. The summed E-state index contributed by atoms with van der Waals surface area (Å²) in [5.74, 6) is 0.0919. The van der Waals surface area contributed by atoms with E-state index in [-0.39, 0.29) is 42.0 Å². The van der Waals surface area contributed by atoms with Crippen LogP contribution >= 0.6 is 0 Å². The molecule has 6 rings (SSSR count). The van der Waals surface area contributed by atoms with Crippen LogP contribution in [0, 0.1) is 0 Å². The Morgan fingerprint density at radius 1 is 1.06 bits per heavy atom. The highest BCUT2D eigenvalue weighted by molar-refractivity contribution is 7.88. The second kappa shape index (κ2) is 8.17. The average Bonchev–Trinajstić information content (AvgIpc) is 2.69. The molecule has 1 aromatic heterocycles. The Morgan fingerprint density at radius 2 is 1.68 bits per heavy atom. The topological polar surface area (TPSA) is 93.7 Å². The Morgan fingerprint density at radius 3 is 2.24 bits per heavy atom. The number of rotatable bonds is 6. The number of hydrogen-bond donors (Lipinski definition) is 2. The van der Waals surface area contributed by atoms with Crippen LogP contribution in [0.5, 0.6) is 0 Å². The first-order valence-electron chi connectivity index (χ1n) is 11.7. The molecule has 3 saturated carbocycles. The molecule has 5 fully saturated rings. The summed E-state index contributed by atoms with van der Waals surface area (Å²) >= 11 is 0. The molecule has 13 heteroatoms. The third kappa shape index (κ3) is 4.59.